The molecule has 0 radical (unpaired) electrons. The molecule has 0 rings (SSSR count). The average molecular weight is 162 g/mol. The molecule has 0 saturated heterocycles. The summed E-state index contributed by atoms with van der Waals surface area (Å²) >= 11 is 0. The van der Waals surface area contributed by atoms with Gasteiger partial charge >= 0.3 is 5.97 Å². The number of rotatable bonds is 6. The summed E-state index contributed by atoms with van der Waals surface area (Å²) in [5, 5.41) is 11.2. The molecule has 0 aromatic carbocycles. The number of methoxy groups -OCH3 is 1. The normalized spacial score (nSPS) is 12.9. The van der Waals surface area contributed by atoms with Crippen molar-refractivity contribution in [1.82, 2.24) is 5.32 Å². The van der Waals surface area contributed by atoms with Crippen molar-refractivity contribution in [2.75, 3.05) is 26.8 Å². The molecule has 1 unspecified atom stereocenters. The fraction of sp³-hybridized carbons (Fsp3) is 0.833. The third-order valence-corrected chi connectivity index (χ3v) is 1.23. The Morgan fingerprint density at radius 1 is 1.82 bits per heavy atom. The van der Waals surface area contributed by atoms with E-state index in [1.165, 1.54) is 0 Å². The Kier molecular flexibility index (Phi) is 5.73. The van der Waals surface area contributed by atoms with Crippen LogP contribution in [0.15, 0.2) is 0 Å². The first kappa shape index (κ1) is 10.3. The predicted molar refractivity (Wildman–Crippen MR) is 40.4 cm³/mol. The molecular formula is C6H14N2O3. The summed E-state index contributed by atoms with van der Waals surface area (Å²) in [6, 6.07) is -0.662. The van der Waals surface area contributed by atoms with E-state index in [1.807, 2.05) is 0 Å². The van der Waals surface area contributed by atoms with Gasteiger partial charge in [0.05, 0.1) is 6.61 Å². The minimum Gasteiger partial charge on any atom is -0.480 e. The van der Waals surface area contributed by atoms with Crippen molar-refractivity contribution < 1.29 is 14.6 Å². The van der Waals surface area contributed by atoms with Crippen LogP contribution >= 0.6 is 0 Å². The number of hydrogen-bond donors (Lipinski definition) is 3. The third-order valence-electron chi connectivity index (χ3n) is 1.23. The zero-order chi connectivity index (χ0) is 8.69. The lowest BCUT2D eigenvalue weighted by Crippen LogP contribution is -2.43. The highest BCUT2D eigenvalue weighted by Crippen LogP contribution is 1.79. The van der Waals surface area contributed by atoms with Crippen molar-refractivity contribution >= 4 is 5.97 Å². The van der Waals surface area contributed by atoms with E-state index < -0.39 is 12.0 Å². The number of ether oxygens (including phenoxy) is 1. The van der Waals surface area contributed by atoms with Gasteiger partial charge in [-0.15, -0.1) is 0 Å². The van der Waals surface area contributed by atoms with Crippen LogP contribution in [0.2, 0.25) is 0 Å². The van der Waals surface area contributed by atoms with Gasteiger partial charge in [-0.3, -0.25) is 4.79 Å². The van der Waals surface area contributed by atoms with Crippen LogP contribution in [0.25, 0.3) is 0 Å². The summed E-state index contributed by atoms with van der Waals surface area (Å²) < 4.78 is 4.72. The van der Waals surface area contributed by atoms with Crippen molar-refractivity contribution in [1.29, 1.82) is 0 Å². The van der Waals surface area contributed by atoms with Crippen LogP contribution in [0.5, 0.6) is 0 Å². The molecule has 5 nitrogen and oxygen atoms in total. The summed E-state index contributed by atoms with van der Waals surface area (Å²) in [6.45, 7) is 1.09. The first-order valence-electron chi connectivity index (χ1n) is 3.37. The standard InChI is InChI=1S/C6H14N2O3/c1-11-3-2-8-5(4-7)6(9)10/h5,8H,2-4,7H2,1H3,(H,9,10). The zero-order valence-corrected chi connectivity index (χ0v) is 6.54. The van der Waals surface area contributed by atoms with Crippen LogP contribution < -0.4 is 11.1 Å². The van der Waals surface area contributed by atoms with Gasteiger partial charge in [0.15, 0.2) is 0 Å². The van der Waals surface area contributed by atoms with Gasteiger partial charge < -0.3 is 20.9 Å². The maximum atomic E-state index is 10.3. The molecule has 0 aromatic heterocycles. The van der Waals surface area contributed by atoms with Gasteiger partial charge in [0.25, 0.3) is 0 Å². The minimum absolute atomic E-state index is 0.0963. The second-order valence-electron chi connectivity index (χ2n) is 2.07. The van der Waals surface area contributed by atoms with Gasteiger partial charge in [-0.1, -0.05) is 0 Å². The molecule has 0 amide bonds. The highest BCUT2D eigenvalue weighted by Gasteiger charge is 2.12. The molecular weight excluding hydrogens is 148 g/mol. The lowest BCUT2D eigenvalue weighted by atomic mass is 10.3. The number of aliphatic carboxylic acids is 1. The van der Waals surface area contributed by atoms with E-state index in [1.54, 1.807) is 7.11 Å². The maximum Gasteiger partial charge on any atom is 0.322 e. The fourth-order valence-electron chi connectivity index (χ4n) is 0.607. The van der Waals surface area contributed by atoms with Crippen LogP contribution in [-0.4, -0.2) is 43.9 Å². The molecule has 11 heavy (non-hydrogen) atoms. The number of carbonyl (C=O) groups is 1. The second kappa shape index (κ2) is 6.09. The molecule has 0 aromatic rings. The van der Waals surface area contributed by atoms with Crippen molar-refractivity contribution in [2.45, 2.75) is 6.04 Å². The van der Waals surface area contributed by atoms with Gasteiger partial charge in [0.1, 0.15) is 6.04 Å². The van der Waals surface area contributed by atoms with Crippen LogP contribution in [-0.2, 0) is 9.53 Å². The SMILES string of the molecule is COCCNC(CN)C(=O)O. The Hall–Kier alpha value is -0.650. The molecule has 0 bridgehead atoms. The molecule has 66 valence electrons. The van der Waals surface area contributed by atoms with Crippen LogP contribution in [0.3, 0.4) is 0 Å². The van der Waals surface area contributed by atoms with Gasteiger partial charge in [-0.05, 0) is 0 Å². The van der Waals surface area contributed by atoms with Crippen molar-refractivity contribution in [3.8, 4) is 0 Å². The van der Waals surface area contributed by atoms with Crippen LogP contribution in [0.1, 0.15) is 0 Å². The monoisotopic (exact) mass is 162 g/mol. The largest absolute Gasteiger partial charge is 0.480 e. The summed E-state index contributed by atoms with van der Waals surface area (Å²) in [5.41, 5.74) is 5.17. The number of carboxylic acid groups (broad SMARTS) is 1. The van der Waals surface area contributed by atoms with Gasteiger partial charge in [-0.2, -0.15) is 0 Å². The van der Waals surface area contributed by atoms with E-state index in [2.05, 4.69) is 5.32 Å². The molecule has 0 aliphatic heterocycles. The van der Waals surface area contributed by atoms with E-state index in [-0.39, 0.29) is 6.54 Å². The van der Waals surface area contributed by atoms with Gasteiger partial charge in [-0.25, -0.2) is 0 Å². The first-order chi connectivity index (χ1) is 5.22. The number of hydrogen-bond acceptors (Lipinski definition) is 4. The van der Waals surface area contributed by atoms with Crippen molar-refractivity contribution in [2.24, 2.45) is 5.73 Å². The van der Waals surface area contributed by atoms with E-state index >= 15 is 0 Å². The van der Waals surface area contributed by atoms with Crippen LogP contribution in [0, 0.1) is 0 Å². The number of nitrogens with two attached hydrogens (primary N) is 1. The van der Waals surface area contributed by atoms with Gasteiger partial charge in [0, 0.05) is 20.2 Å². The Balaban J connectivity index is 3.44. The molecule has 0 fully saturated rings. The minimum atomic E-state index is -0.927. The van der Waals surface area contributed by atoms with Gasteiger partial charge in [0.2, 0.25) is 0 Å². The highest BCUT2D eigenvalue weighted by atomic mass is 16.5. The van der Waals surface area contributed by atoms with E-state index in [0.717, 1.165) is 0 Å². The Bertz CT molecular complexity index is 118. The highest BCUT2D eigenvalue weighted by molar-refractivity contribution is 5.73. The molecule has 0 heterocycles. The maximum absolute atomic E-state index is 10.3. The van der Waals surface area contributed by atoms with E-state index in [9.17, 15) is 4.79 Å². The summed E-state index contributed by atoms with van der Waals surface area (Å²) in [7, 11) is 1.56. The quantitative estimate of drug-likeness (QED) is 0.420. The molecule has 0 aliphatic rings. The lowest BCUT2D eigenvalue weighted by Gasteiger charge is -2.10. The lowest BCUT2D eigenvalue weighted by molar-refractivity contribution is -0.139. The predicted octanol–water partition coefficient (Wildman–Crippen LogP) is -1.37. The molecule has 0 spiro atoms. The Morgan fingerprint density at radius 3 is 2.82 bits per heavy atom. The smallest absolute Gasteiger partial charge is 0.322 e. The molecule has 5 heteroatoms. The Morgan fingerprint density at radius 2 is 2.45 bits per heavy atom. The summed E-state index contributed by atoms with van der Waals surface area (Å²) in [6.07, 6.45) is 0. The molecule has 4 N–H and O–H groups in total. The number of nitrogens with one attached hydrogen (secondary N) is 1. The Labute approximate surface area is 65.5 Å². The third kappa shape index (κ3) is 4.72. The van der Waals surface area contributed by atoms with E-state index in [4.69, 9.17) is 15.6 Å². The first-order valence-corrected chi connectivity index (χ1v) is 3.37. The summed E-state index contributed by atoms with van der Waals surface area (Å²) in [5.74, 6) is -0.927. The van der Waals surface area contributed by atoms with Crippen LogP contribution in [0.4, 0.5) is 0 Å². The topological polar surface area (TPSA) is 84.6 Å². The summed E-state index contributed by atoms with van der Waals surface area (Å²) in [4.78, 5) is 10.3. The molecule has 1 atom stereocenters. The molecule has 0 saturated carbocycles. The fourth-order valence-corrected chi connectivity index (χ4v) is 0.607. The number of carboxylic acids is 1. The molecule has 0 aliphatic carbocycles. The second-order valence-corrected chi connectivity index (χ2v) is 2.07. The average Bonchev–Trinajstić information content (AvgIpc) is 1.97. The van der Waals surface area contributed by atoms with E-state index in [0.29, 0.717) is 13.2 Å². The van der Waals surface area contributed by atoms with Crippen molar-refractivity contribution in [3.05, 3.63) is 0 Å². The van der Waals surface area contributed by atoms with Crippen molar-refractivity contribution in [3.63, 3.8) is 0 Å². The zero-order valence-electron chi connectivity index (χ0n) is 6.54.